The number of rotatable bonds is 9. The number of benzene rings is 1. The first-order chi connectivity index (χ1) is 16.9. The summed E-state index contributed by atoms with van der Waals surface area (Å²) in [5, 5.41) is 11.5. The summed E-state index contributed by atoms with van der Waals surface area (Å²) in [4.78, 5) is 20.3. The van der Waals surface area contributed by atoms with Crippen molar-refractivity contribution in [1.29, 1.82) is 0 Å². The number of fused-ring (bicyclic) bond motifs is 1. The van der Waals surface area contributed by atoms with Crippen molar-refractivity contribution in [3.8, 4) is 11.3 Å². The lowest BCUT2D eigenvalue weighted by atomic mass is 10.0. The van der Waals surface area contributed by atoms with Crippen LogP contribution in [-0.2, 0) is 11.3 Å². The Morgan fingerprint density at radius 1 is 1.29 bits per heavy atom. The Morgan fingerprint density at radius 3 is 2.77 bits per heavy atom. The second-order valence-corrected chi connectivity index (χ2v) is 9.48. The van der Waals surface area contributed by atoms with Gasteiger partial charge in [-0.3, -0.25) is 4.79 Å². The Kier molecular flexibility index (Phi) is 8.10. The number of likely N-dealkylation sites (N-methyl/N-ethyl adjacent to an activating group) is 2. The summed E-state index contributed by atoms with van der Waals surface area (Å²) in [6, 6.07) is 6.97. The van der Waals surface area contributed by atoms with Gasteiger partial charge in [0.1, 0.15) is 5.82 Å². The number of pyridine rings is 1. The van der Waals surface area contributed by atoms with Crippen LogP contribution in [0.25, 0.3) is 22.3 Å². The van der Waals surface area contributed by atoms with Crippen molar-refractivity contribution in [2.45, 2.75) is 45.3 Å². The van der Waals surface area contributed by atoms with Gasteiger partial charge >= 0.3 is 0 Å². The van der Waals surface area contributed by atoms with Crippen LogP contribution in [0.1, 0.15) is 48.7 Å². The van der Waals surface area contributed by atoms with E-state index in [9.17, 15) is 9.18 Å². The van der Waals surface area contributed by atoms with Gasteiger partial charge in [-0.1, -0.05) is 0 Å². The zero-order chi connectivity index (χ0) is 24.9. The molecule has 1 saturated heterocycles. The van der Waals surface area contributed by atoms with Crippen LogP contribution in [0.2, 0.25) is 0 Å². The van der Waals surface area contributed by atoms with Crippen LogP contribution in [0.4, 0.5) is 4.39 Å². The highest BCUT2D eigenvalue weighted by molar-refractivity contribution is 6.06. The molecule has 8 nitrogen and oxygen atoms in total. The van der Waals surface area contributed by atoms with Crippen LogP contribution in [-0.4, -0.2) is 72.0 Å². The molecule has 2 N–H and O–H groups in total. The molecule has 1 amide bonds. The Balaban J connectivity index is 1.72. The van der Waals surface area contributed by atoms with Gasteiger partial charge in [0, 0.05) is 56.1 Å². The normalized spacial score (nSPS) is 14.8. The minimum absolute atomic E-state index is 0.0752. The standard InChI is InChI=1S/C26H35FN6O2/c1-17(2)33-25-22(15-29-33)21(26(34)30-20-7-11-35-12-8-20)14-24(31-25)18-5-6-23(27)19(13-18)16-32(4)10-9-28-3/h5-6,13-15,17,20,28H,7-12,16H2,1-4H3,(H,30,34). The molecule has 188 valence electrons. The van der Waals surface area contributed by atoms with Crippen molar-refractivity contribution < 1.29 is 13.9 Å². The minimum atomic E-state index is -0.254. The van der Waals surface area contributed by atoms with E-state index in [-0.39, 0.29) is 23.8 Å². The molecule has 0 bridgehead atoms. The average molecular weight is 483 g/mol. The van der Waals surface area contributed by atoms with Crippen LogP contribution in [0, 0.1) is 5.82 Å². The van der Waals surface area contributed by atoms with E-state index in [1.807, 2.05) is 38.7 Å². The van der Waals surface area contributed by atoms with E-state index < -0.39 is 0 Å². The van der Waals surface area contributed by atoms with Crippen molar-refractivity contribution in [2.75, 3.05) is 40.4 Å². The van der Waals surface area contributed by atoms with E-state index in [4.69, 9.17) is 9.72 Å². The fourth-order valence-electron chi connectivity index (χ4n) is 4.36. The number of nitrogens with zero attached hydrogens (tertiary/aromatic N) is 4. The molecular weight excluding hydrogens is 447 g/mol. The van der Waals surface area contributed by atoms with E-state index in [0.29, 0.717) is 47.6 Å². The molecule has 0 aliphatic carbocycles. The predicted molar refractivity (Wildman–Crippen MR) is 135 cm³/mol. The molecule has 0 radical (unpaired) electrons. The molecule has 1 aliphatic heterocycles. The molecule has 2 aromatic heterocycles. The topological polar surface area (TPSA) is 84.3 Å². The quantitative estimate of drug-likeness (QED) is 0.487. The summed E-state index contributed by atoms with van der Waals surface area (Å²) in [5.74, 6) is -0.404. The van der Waals surface area contributed by atoms with Gasteiger partial charge in [-0.25, -0.2) is 14.1 Å². The highest BCUT2D eigenvalue weighted by Gasteiger charge is 2.22. The minimum Gasteiger partial charge on any atom is -0.381 e. The van der Waals surface area contributed by atoms with Gasteiger partial charge in [-0.2, -0.15) is 5.10 Å². The van der Waals surface area contributed by atoms with Crippen molar-refractivity contribution >= 4 is 16.9 Å². The number of nitrogens with one attached hydrogen (secondary N) is 2. The summed E-state index contributed by atoms with van der Waals surface area (Å²) in [6.45, 7) is 7.45. The molecule has 3 heterocycles. The Morgan fingerprint density at radius 2 is 2.06 bits per heavy atom. The largest absolute Gasteiger partial charge is 0.381 e. The van der Waals surface area contributed by atoms with Crippen molar-refractivity contribution in [3.05, 3.63) is 47.4 Å². The Hall–Kier alpha value is -2.88. The fourth-order valence-corrected chi connectivity index (χ4v) is 4.36. The third-order valence-corrected chi connectivity index (χ3v) is 6.38. The second-order valence-electron chi connectivity index (χ2n) is 9.48. The van der Waals surface area contributed by atoms with Crippen LogP contribution in [0.5, 0.6) is 0 Å². The lowest BCUT2D eigenvalue weighted by Crippen LogP contribution is -2.39. The molecule has 0 spiro atoms. The first-order valence-electron chi connectivity index (χ1n) is 12.3. The van der Waals surface area contributed by atoms with E-state index in [1.54, 1.807) is 18.3 Å². The SMILES string of the molecule is CNCCN(C)Cc1cc(-c2cc(C(=O)NC3CCOCC3)c3cnn(C(C)C)c3n2)ccc1F. The number of aromatic nitrogens is 3. The Bertz CT molecular complexity index is 1170. The van der Waals surface area contributed by atoms with E-state index >= 15 is 0 Å². The van der Waals surface area contributed by atoms with Crippen molar-refractivity contribution in [3.63, 3.8) is 0 Å². The van der Waals surface area contributed by atoms with Crippen LogP contribution in [0.15, 0.2) is 30.5 Å². The second kappa shape index (κ2) is 11.2. The number of carbonyl (C=O) groups excluding carboxylic acids is 1. The van der Waals surface area contributed by atoms with Crippen molar-refractivity contribution in [1.82, 2.24) is 30.3 Å². The molecule has 0 saturated carbocycles. The number of ether oxygens (including phenoxy) is 1. The van der Waals surface area contributed by atoms with Crippen LogP contribution < -0.4 is 10.6 Å². The fraction of sp³-hybridized carbons (Fsp3) is 0.500. The molecule has 35 heavy (non-hydrogen) atoms. The summed E-state index contributed by atoms with van der Waals surface area (Å²) >= 11 is 0. The van der Waals surface area contributed by atoms with E-state index in [2.05, 4.69) is 20.6 Å². The van der Waals surface area contributed by atoms with Gasteiger partial charge in [-0.05, 0) is 65.0 Å². The summed E-state index contributed by atoms with van der Waals surface area (Å²) in [7, 11) is 3.86. The maximum atomic E-state index is 14.7. The third kappa shape index (κ3) is 5.86. The molecule has 1 aliphatic rings. The lowest BCUT2D eigenvalue weighted by molar-refractivity contribution is 0.0697. The van der Waals surface area contributed by atoms with Gasteiger partial charge in [-0.15, -0.1) is 0 Å². The van der Waals surface area contributed by atoms with Gasteiger partial charge in [0.25, 0.3) is 5.91 Å². The highest BCUT2D eigenvalue weighted by Crippen LogP contribution is 2.28. The van der Waals surface area contributed by atoms with Gasteiger partial charge in [0.2, 0.25) is 0 Å². The molecule has 0 unspecified atom stereocenters. The third-order valence-electron chi connectivity index (χ3n) is 6.38. The predicted octanol–water partition coefficient (Wildman–Crippen LogP) is 3.38. The first kappa shape index (κ1) is 25.2. The summed E-state index contributed by atoms with van der Waals surface area (Å²) in [6.07, 6.45) is 3.29. The highest BCUT2D eigenvalue weighted by atomic mass is 19.1. The summed E-state index contributed by atoms with van der Waals surface area (Å²) in [5.41, 5.74) is 3.15. The zero-order valence-electron chi connectivity index (χ0n) is 21.0. The number of hydrogen-bond donors (Lipinski definition) is 2. The smallest absolute Gasteiger partial charge is 0.252 e. The maximum absolute atomic E-state index is 14.7. The molecular formula is C26H35FN6O2. The summed E-state index contributed by atoms with van der Waals surface area (Å²) < 4.78 is 21.9. The monoisotopic (exact) mass is 482 g/mol. The molecule has 1 fully saturated rings. The number of amides is 1. The van der Waals surface area contributed by atoms with Crippen LogP contribution >= 0.6 is 0 Å². The first-order valence-corrected chi connectivity index (χ1v) is 12.3. The molecule has 4 rings (SSSR count). The number of halogens is 1. The van der Waals surface area contributed by atoms with E-state index in [0.717, 1.165) is 31.5 Å². The van der Waals surface area contributed by atoms with E-state index in [1.165, 1.54) is 6.07 Å². The molecule has 1 aromatic carbocycles. The van der Waals surface area contributed by atoms with Gasteiger partial charge < -0.3 is 20.3 Å². The molecule has 9 heteroatoms. The van der Waals surface area contributed by atoms with Crippen molar-refractivity contribution in [2.24, 2.45) is 0 Å². The maximum Gasteiger partial charge on any atom is 0.252 e. The van der Waals surface area contributed by atoms with Gasteiger partial charge in [0.05, 0.1) is 22.8 Å². The average Bonchev–Trinajstić information content (AvgIpc) is 3.28. The zero-order valence-corrected chi connectivity index (χ0v) is 21.0. The number of hydrogen-bond acceptors (Lipinski definition) is 6. The number of carbonyl (C=O) groups is 1. The molecule has 3 aromatic rings. The Labute approximate surface area is 205 Å². The van der Waals surface area contributed by atoms with Crippen LogP contribution in [0.3, 0.4) is 0 Å². The van der Waals surface area contributed by atoms with Gasteiger partial charge in [0.15, 0.2) is 5.65 Å². The molecule has 0 atom stereocenters. The lowest BCUT2D eigenvalue weighted by Gasteiger charge is -2.23.